The summed E-state index contributed by atoms with van der Waals surface area (Å²) in [6.45, 7) is 3.62. The molecule has 3 aliphatic heterocycles. The first kappa shape index (κ1) is 36.8. The quantitative estimate of drug-likeness (QED) is 0.112. The van der Waals surface area contributed by atoms with Crippen molar-refractivity contribution < 1.29 is 37.9 Å². The normalized spacial score (nSPS) is 21.9. The van der Waals surface area contributed by atoms with Crippen molar-refractivity contribution in [3.63, 3.8) is 0 Å². The second-order valence-electron chi connectivity index (χ2n) is 14.4. The Balaban J connectivity index is 0.674. The highest BCUT2D eigenvalue weighted by atomic mass is 32.1. The van der Waals surface area contributed by atoms with Crippen LogP contribution in [-0.4, -0.2) is 94.2 Å². The monoisotopic (exact) mass is 765 g/mol. The first-order valence-electron chi connectivity index (χ1n) is 19.0. The van der Waals surface area contributed by atoms with E-state index >= 15 is 0 Å². The van der Waals surface area contributed by atoms with Crippen LogP contribution < -0.4 is 14.8 Å². The van der Waals surface area contributed by atoms with E-state index in [0.717, 1.165) is 91.5 Å². The van der Waals surface area contributed by atoms with E-state index in [1.165, 1.54) is 11.3 Å². The lowest BCUT2D eigenvalue weighted by atomic mass is 9.91. The molecule has 14 heteroatoms. The van der Waals surface area contributed by atoms with Gasteiger partial charge < -0.3 is 23.6 Å². The Morgan fingerprint density at radius 1 is 0.855 bits per heavy atom. The van der Waals surface area contributed by atoms with Crippen molar-refractivity contribution in [3.8, 4) is 22.3 Å². The largest absolute Gasteiger partial charge is 0.494 e. The smallest absolute Gasteiger partial charge is 0.262 e. The van der Waals surface area contributed by atoms with E-state index in [4.69, 9.17) is 18.7 Å². The molecule has 286 valence electrons. The minimum absolute atomic E-state index is 0.0873. The van der Waals surface area contributed by atoms with Crippen LogP contribution in [0.4, 0.5) is 0 Å². The molecule has 0 radical (unpaired) electrons. The molecule has 1 saturated carbocycles. The summed E-state index contributed by atoms with van der Waals surface area (Å²) in [7, 11) is 0. The Morgan fingerprint density at radius 2 is 1.65 bits per heavy atom. The number of ether oxygens (including phenoxy) is 3. The predicted octanol–water partition coefficient (Wildman–Crippen LogP) is 6.01. The molecule has 4 aliphatic rings. The van der Waals surface area contributed by atoms with E-state index in [-0.39, 0.29) is 36.2 Å². The summed E-state index contributed by atoms with van der Waals surface area (Å²) in [4.78, 5) is 57.5. The molecule has 5 heterocycles. The highest BCUT2D eigenvalue weighted by molar-refractivity contribution is 7.13. The van der Waals surface area contributed by atoms with Gasteiger partial charge in [-0.05, 0) is 87.0 Å². The number of nitrogens with zero attached hydrogens (tertiary/aromatic N) is 4. The molecule has 2 aromatic carbocycles. The molecule has 2 aromatic heterocycles. The molecule has 55 heavy (non-hydrogen) atoms. The minimum atomic E-state index is -0.980. The molecule has 4 aromatic rings. The van der Waals surface area contributed by atoms with Gasteiger partial charge in [0.25, 0.3) is 11.8 Å². The van der Waals surface area contributed by atoms with E-state index in [1.807, 2.05) is 47.9 Å². The van der Waals surface area contributed by atoms with Gasteiger partial charge in [0, 0.05) is 50.0 Å². The third-order valence-electron chi connectivity index (χ3n) is 10.6. The van der Waals surface area contributed by atoms with Gasteiger partial charge in [0.15, 0.2) is 10.8 Å². The summed E-state index contributed by atoms with van der Waals surface area (Å²) >= 11 is 1.52. The number of piperidine rings is 2. The molecule has 3 fully saturated rings. The Kier molecular flexibility index (Phi) is 11.2. The number of aromatic nitrogens is 2. The van der Waals surface area contributed by atoms with Gasteiger partial charge >= 0.3 is 0 Å². The zero-order valence-electron chi connectivity index (χ0n) is 30.4. The van der Waals surface area contributed by atoms with E-state index in [0.29, 0.717) is 24.2 Å². The molecule has 1 atom stereocenters. The maximum atomic E-state index is 13.1. The molecular formula is C41H43N5O8S. The highest BCUT2D eigenvalue weighted by Gasteiger charge is 2.44. The summed E-state index contributed by atoms with van der Waals surface area (Å²) in [5.41, 5.74) is 2.27. The molecule has 0 spiro atoms. The predicted molar refractivity (Wildman–Crippen MR) is 203 cm³/mol. The molecule has 0 bridgehead atoms. The van der Waals surface area contributed by atoms with Crippen LogP contribution >= 0.6 is 11.3 Å². The Hall–Kier alpha value is -5.18. The van der Waals surface area contributed by atoms with Crippen molar-refractivity contribution >= 4 is 47.1 Å². The number of fused-ring (bicyclic) bond motifs is 1. The van der Waals surface area contributed by atoms with Crippen molar-refractivity contribution in [2.45, 2.75) is 82.1 Å². The first-order valence-corrected chi connectivity index (χ1v) is 19.9. The molecule has 8 rings (SSSR count). The fraction of sp³-hybridized carbons (Fsp3) is 0.415. The van der Waals surface area contributed by atoms with Gasteiger partial charge in [0.1, 0.15) is 29.3 Å². The van der Waals surface area contributed by atoms with Crippen LogP contribution in [0.15, 0.2) is 64.6 Å². The lowest BCUT2D eigenvalue weighted by Gasteiger charge is -2.40. The molecule has 13 nitrogen and oxygen atoms in total. The number of nitrogens with one attached hydrogen (secondary N) is 1. The second-order valence-corrected chi connectivity index (χ2v) is 15.3. The Bertz CT molecular complexity index is 2030. The number of carbonyl (C=O) groups excluding carboxylic acids is 4. The first-order chi connectivity index (χ1) is 26.9. The van der Waals surface area contributed by atoms with Crippen LogP contribution in [0.2, 0.25) is 0 Å². The fourth-order valence-electron chi connectivity index (χ4n) is 7.45. The molecule has 4 amide bonds. The van der Waals surface area contributed by atoms with Gasteiger partial charge in [-0.15, -0.1) is 11.3 Å². The SMILES string of the molecule is O=C1CCC(N2C(=O)c3ccc(OCCCCCN4CCC(OC5CC(Oc6ccc(/C=C/c7cc(-c8nccs8)on7)cc6)C5)CC4)cc3C2=O)C(=O)N1. The van der Waals surface area contributed by atoms with Crippen molar-refractivity contribution in [2.24, 2.45) is 0 Å². The maximum absolute atomic E-state index is 13.1. The van der Waals surface area contributed by atoms with Crippen LogP contribution in [0.1, 0.15) is 89.8 Å². The van der Waals surface area contributed by atoms with Crippen molar-refractivity contribution in [1.29, 1.82) is 0 Å². The number of hydrogen-bond donors (Lipinski definition) is 1. The number of likely N-dealkylation sites (tertiary alicyclic amines) is 1. The number of amides is 4. The second kappa shape index (κ2) is 16.7. The zero-order valence-corrected chi connectivity index (χ0v) is 31.2. The van der Waals surface area contributed by atoms with Crippen LogP contribution in [0.3, 0.4) is 0 Å². The van der Waals surface area contributed by atoms with E-state index in [2.05, 4.69) is 20.4 Å². The van der Waals surface area contributed by atoms with E-state index in [1.54, 1.807) is 24.4 Å². The van der Waals surface area contributed by atoms with Crippen molar-refractivity contribution in [1.82, 2.24) is 25.3 Å². The molecule has 1 unspecified atom stereocenters. The maximum Gasteiger partial charge on any atom is 0.262 e. The van der Waals surface area contributed by atoms with Gasteiger partial charge in [0.2, 0.25) is 11.8 Å². The Labute approximate surface area is 322 Å². The van der Waals surface area contributed by atoms with Gasteiger partial charge in [-0.1, -0.05) is 23.4 Å². The summed E-state index contributed by atoms with van der Waals surface area (Å²) in [6.07, 6.45) is 13.5. The van der Waals surface area contributed by atoms with Gasteiger partial charge in [-0.2, -0.15) is 0 Å². The average molecular weight is 766 g/mol. The van der Waals surface area contributed by atoms with Crippen LogP contribution in [0.25, 0.3) is 22.9 Å². The fourth-order valence-corrected chi connectivity index (χ4v) is 8.04. The number of rotatable bonds is 15. The third kappa shape index (κ3) is 8.71. The number of unbranched alkanes of at least 4 members (excludes halogenated alkanes) is 2. The summed E-state index contributed by atoms with van der Waals surface area (Å²) < 4.78 is 23.9. The number of benzene rings is 2. The summed E-state index contributed by atoms with van der Waals surface area (Å²) in [5, 5.41) is 9.04. The summed E-state index contributed by atoms with van der Waals surface area (Å²) in [6, 6.07) is 13.8. The summed E-state index contributed by atoms with van der Waals surface area (Å²) in [5.74, 6) is -0.0207. The topological polar surface area (TPSA) is 153 Å². The Morgan fingerprint density at radius 3 is 2.44 bits per heavy atom. The lowest BCUT2D eigenvalue weighted by molar-refractivity contribution is -0.136. The van der Waals surface area contributed by atoms with Crippen LogP contribution in [-0.2, 0) is 14.3 Å². The molecular weight excluding hydrogens is 723 g/mol. The van der Waals surface area contributed by atoms with E-state index < -0.39 is 29.7 Å². The number of hydrogen-bond acceptors (Lipinski definition) is 12. The van der Waals surface area contributed by atoms with Crippen LogP contribution in [0, 0.1) is 0 Å². The van der Waals surface area contributed by atoms with Crippen LogP contribution in [0.5, 0.6) is 11.5 Å². The van der Waals surface area contributed by atoms with Crippen molar-refractivity contribution in [2.75, 3.05) is 26.2 Å². The highest BCUT2D eigenvalue weighted by Crippen LogP contribution is 2.32. The lowest BCUT2D eigenvalue weighted by Crippen LogP contribution is -2.54. The number of thiazole rings is 1. The number of carbonyl (C=O) groups is 4. The van der Waals surface area contributed by atoms with Gasteiger partial charge in [-0.3, -0.25) is 29.4 Å². The standard InChI is InChI=1S/C41H43N5O8S/c47-37-13-12-35(38(48)43-37)46-40(49)33-11-10-30(25-34(33)41(46)50)51-20-3-1-2-17-45-18-14-29(15-19-45)53-32-23-31(24-32)52-28-8-5-26(6-9-28)4-7-27-22-36(54-44-27)39-42-16-21-55-39/h4-11,16,21-22,25,29,31-32,35H,1-3,12-15,17-20,23-24H2,(H,43,47,48)/b7-4+. The third-order valence-corrected chi connectivity index (χ3v) is 11.4. The van der Waals surface area contributed by atoms with Gasteiger partial charge in [0.05, 0.1) is 29.9 Å². The van der Waals surface area contributed by atoms with E-state index in [9.17, 15) is 19.2 Å². The zero-order chi connectivity index (χ0) is 37.7. The van der Waals surface area contributed by atoms with Gasteiger partial charge in [-0.25, -0.2) is 4.98 Å². The molecule has 1 aliphatic carbocycles. The van der Waals surface area contributed by atoms with Crippen molar-refractivity contribution in [3.05, 3.63) is 82.5 Å². The molecule has 1 N–H and O–H groups in total. The molecule has 2 saturated heterocycles. The minimum Gasteiger partial charge on any atom is -0.494 e. The average Bonchev–Trinajstić information content (AvgIpc) is 3.94. The number of imide groups is 2.